The summed E-state index contributed by atoms with van der Waals surface area (Å²) in [5.41, 5.74) is 1.72. The number of esters is 1. The Morgan fingerprint density at radius 2 is 1.83 bits per heavy atom. The van der Waals surface area contributed by atoms with Gasteiger partial charge in [0, 0.05) is 24.5 Å². The lowest BCUT2D eigenvalue weighted by atomic mass is 9.94. The summed E-state index contributed by atoms with van der Waals surface area (Å²) in [5.74, 6) is -2.05. The zero-order valence-electron chi connectivity index (χ0n) is 19.6. The average molecular weight is 507 g/mol. The van der Waals surface area contributed by atoms with Gasteiger partial charge in [-0.2, -0.15) is 0 Å². The first-order valence-electron chi connectivity index (χ1n) is 11.1. The highest BCUT2D eigenvalue weighted by Crippen LogP contribution is 2.41. The zero-order valence-corrected chi connectivity index (χ0v) is 20.4. The van der Waals surface area contributed by atoms with E-state index in [4.69, 9.17) is 21.1 Å². The van der Waals surface area contributed by atoms with E-state index >= 15 is 0 Å². The molecule has 1 atom stereocenters. The molecule has 8 nitrogen and oxygen atoms in total. The molecular formula is C27H23ClN2O6. The summed E-state index contributed by atoms with van der Waals surface area (Å²) in [6.45, 7) is 2.31. The van der Waals surface area contributed by atoms with E-state index in [9.17, 15) is 19.5 Å². The monoisotopic (exact) mass is 506 g/mol. The number of likely N-dealkylation sites (tertiary alicyclic amines) is 1. The molecule has 3 aromatic rings. The van der Waals surface area contributed by atoms with Crippen molar-refractivity contribution >= 4 is 35.0 Å². The largest absolute Gasteiger partial charge is 0.507 e. The predicted octanol–water partition coefficient (Wildman–Crippen LogP) is 4.54. The van der Waals surface area contributed by atoms with Crippen molar-refractivity contribution in [1.82, 2.24) is 9.88 Å². The number of hydrogen-bond acceptors (Lipinski definition) is 7. The summed E-state index contributed by atoms with van der Waals surface area (Å²) >= 11 is 6.30. The maximum Gasteiger partial charge on any atom is 0.337 e. The van der Waals surface area contributed by atoms with Crippen LogP contribution in [0.1, 0.15) is 40.0 Å². The number of amides is 1. The highest BCUT2D eigenvalue weighted by atomic mass is 35.5. The molecule has 1 fully saturated rings. The first-order valence-corrected chi connectivity index (χ1v) is 11.5. The van der Waals surface area contributed by atoms with E-state index in [0.29, 0.717) is 29.0 Å². The number of aliphatic hydroxyl groups excluding tert-OH is 1. The molecule has 0 saturated carbocycles. The minimum Gasteiger partial charge on any atom is -0.507 e. The van der Waals surface area contributed by atoms with E-state index in [2.05, 4.69) is 4.98 Å². The van der Waals surface area contributed by atoms with E-state index in [0.717, 1.165) is 0 Å². The molecule has 0 aliphatic carbocycles. The number of aliphatic hydroxyl groups is 1. The van der Waals surface area contributed by atoms with Gasteiger partial charge in [0.25, 0.3) is 11.7 Å². The summed E-state index contributed by atoms with van der Waals surface area (Å²) in [6.07, 6.45) is 3.21. The van der Waals surface area contributed by atoms with Gasteiger partial charge in [-0.05, 0) is 54.4 Å². The van der Waals surface area contributed by atoms with Gasteiger partial charge in [-0.3, -0.25) is 14.6 Å². The number of Topliss-reactive ketones (excluding diaryl/α,β-unsaturated/α-hetero) is 1. The number of ether oxygens (including phenoxy) is 2. The lowest BCUT2D eigenvalue weighted by molar-refractivity contribution is -0.140. The van der Waals surface area contributed by atoms with Gasteiger partial charge in [0.15, 0.2) is 0 Å². The molecule has 4 rings (SSSR count). The summed E-state index contributed by atoms with van der Waals surface area (Å²) < 4.78 is 10.2. The van der Waals surface area contributed by atoms with Crippen LogP contribution in [-0.4, -0.2) is 46.4 Å². The number of benzene rings is 2. The number of carbonyl (C=O) groups excluding carboxylic acids is 3. The minimum atomic E-state index is -0.915. The number of methoxy groups -OCH3 is 1. The van der Waals surface area contributed by atoms with Crippen molar-refractivity contribution in [3.05, 3.63) is 99.8 Å². The summed E-state index contributed by atoms with van der Waals surface area (Å²) in [4.78, 5) is 43.7. The molecule has 0 radical (unpaired) electrons. The van der Waals surface area contributed by atoms with Crippen LogP contribution in [0.4, 0.5) is 0 Å². The second kappa shape index (κ2) is 10.6. The molecule has 36 heavy (non-hydrogen) atoms. The van der Waals surface area contributed by atoms with Gasteiger partial charge in [0.2, 0.25) is 0 Å². The van der Waals surface area contributed by atoms with Crippen molar-refractivity contribution in [2.45, 2.75) is 19.5 Å². The number of rotatable bonds is 7. The number of ketones is 1. The smallest absolute Gasteiger partial charge is 0.337 e. The summed E-state index contributed by atoms with van der Waals surface area (Å²) in [7, 11) is 1.28. The van der Waals surface area contributed by atoms with Gasteiger partial charge in [-0.25, -0.2) is 4.79 Å². The van der Waals surface area contributed by atoms with Crippen LogP contribution in [0.15, 0.2) is 72.6 Å². The van der Waals surface area contributed by atoms with Crippen LogP contribution in [-0.2, 0) is 20.9 Å². The number of hydrogen-bond donors (Lipinski definition) is 1. The molecule has 0 unspecified atom stereocenters. The van der Waals surface area contributed by atoms with Gasteiger partial charge >= 0.3 is 5.97 Å². The molecule has 1 aromatic heterocycles. The third-order valence-corrected chi connectivity index (χ3v) is 6.06. The lowest BCUT2D eigenvalue weighted by Gasteiger charge is -2.25. The van der Waals surface area contributed by atoms with Crippen LogP contribution in [0.25, 0.3) is 5.76 Å². The fourth-order valence-electron chi connectivity index (χ4n) is 4.07. The van der Waals surface area contributed by atoms with Gasteiger partial charge in [-0.15, -0.1) is 0 Å². The second-order valence-corrected chi connectivity index (χ2v) is 8.39. The Morgan fingerprint density at radius 1 is 1.11 bits per heavy atom. The molecule has 9 heteroatoms. The normalized spacial score (nSPS) is 16.8. The molecular weight excluding hydrogens is 484 g/mol. The number of halogens is 1. The van der Waals surface area contributed by atoms with Gasteiger partial charge in [-0.1, -0.05) is 29.8 Å². The predicted molar refractivity (Wildman–Crippen MR) is 132 cm³/mol. The highest BCUT2D eigenvalue weighted by molar-refractivity contribution is 6.46. The van der Waals surface area contributed by atoms with E-state index in [1.807, 2.05) is 6.92 Å². The Balaban J connectivity index is 1.83. The molecule has 0 spiro atoms. The highest BCUT2D eigenvalue weighted by Gasteiger charge is 2.46. The lowest BCUT2D eigenvalue weighted by Crippen LogP contribution is -2.29. The average Bonchev–Trinajstić information content (AvgIpc) is 3.14. The fraction of sp³-hybridized carbons (Fsp3) is 0.185. The first-order chi connectivity index (χ1) is 17.3. The molecule has 1 saturated heterocycles. The van der Waals surface area contributed by atoms with Gasteiger partial charge in [0.05, 0.1) is 35.9 Å². The van der Waals surface area contributed by atoms with Crippen LogP contribution in [0.2, 0.25) is 5.02 Å². The molecule has 184 valence electrons. The van der Waals surface area contributed by atoms with E-state index < -0.39 is 23.7 Å². The fourth-order valence-corrected chi connectivity index (χ4v) is 4.31. The maximum absolute atomic E-state index is 13.2. The van der Waals surface area contributed by atoms with Crippen molar-refractivity contribution in [2.75, 3.05) is 13.7 Å². The van der Waals surface area contributed by atoms with Crippen LogP contribution < -0.4 is 4.74 Å². The molecule has 1 aliphatic rings. The van der Waals surface area contributed by atoms with Crippen molar-refractivity contribution < 1.29 is 29.0 Å². The van der Waals surface area contributed by atoms with E-state index in [-0.39, 0.29) is 28.5 Å². The Bertz CT molecular complexity index is 1340. The van der Waals surface area contributed by atoms with Gasteiger partial charge < -0.3 is 19.5 Å². The number of nitrogens with zero attached hydrogens (tertiary/aromatic N) is 2. The van der Waals surface area contributed by atoms with Crippen molar-refractivity contribution in [2.24, 2.45) is 0 Å². The summed E-state index contributed by atoms with van der Waals surface area (Å²) in [5, 5.41) is 11.5. The van der Waals surface area contributed by atoms with Crippen LogP contribution in [0, 0.1) is 0 Å². The third-order valence-electron chi connectivity index (χ3n) is 5.77. The van der Waals surface area contributed by atoms with Crippen LogP contribution in [0.3, 0.4) is 0 Å². The summed E-state index contributed by atoms with van der Waals surface area (Å²) in [6, 6.07) is 13.6. The number of pyridine rings is 1. The second-order valence-electron chi connectivity index (χ2n) is 7.98. The topological polar surface area (TPSA) is 106 Å². The van der Waals surface area contributed by atoms with Crippen molar-refractivity contribution in [3.63, 3.8) is 0 Å². The van der Waals surface area contributed by atoms with Gasteiger partial charge in [0.1, 0.15) is 11.5 Å². The Labute approximate surface area is 212 Å². The number of aromatic nitrogens is 1. The van der Waals surface area contributed by atoms with E-state index in [1.54, 1.807) is 60.9 Å². The Kier molecular flexibility index (Phi) is 7.36. The zero-order chi connectivity index (χ0) is 25.8. The first kappa shape index (κ1) is 24.9. The van der Waals surface area contributed by atoms with Crippen molar-refractivity contribution in [1.29, 1.82) is 0 Å². The minimum absolute atomic E-state index is 0.0860. The molecule has 2 aromatic carbocycles. The molecule has 1 amide bonds. The van der Waals surface area contributed by atoms with Crippen LogP contribution >= 0.6 is 11.6 Å². The van der Waals surface area contributed by atoms with E-state index in [1.165, 1.54) is 18.1 Å². The molecule has 0 bridgehead atoms. The Hall–Kier alpha value is -4.17. The number of carbonyl (C=O) groups is 3. The third kappa shape index (κ3) is 4.81. The van der Waals surface area contributed by atoms with Crippen molar-refractivity contribution in [3.8, 4) is 5.75 Å². The standard InChI is InChI=1S/C27H23ClN2O6/c1-3-36-21-11-10-19(13-20(21)28)24(31)22-23(17-6-8-18(9-7-17)27(34)35-2)30(26(33)25(22)32)15-16-5-4-12-29-14-16/h4-14,23,31H,3,15H2,1-2H3/b24-22+/t23-/m0/s1. The quantitative estimate of drug-likeness (QED) is 0.217. The molecule has 2 heterocycles. The Morgan fingerprint density at radius 3 is 2.44 bits per heavy atom. The molecule has 1 aliphatic heterocycles. The van der Waals surface area contributed by atoms with Crippen LogP contribution in [0.5, 0.6) is 5.75 Å². The SMILES string of the molecule is CCOc1ccc(/C(O)=C2\C(=O)C(=O)N(Cc3cccnc3)[C@H]2c2ccc(C(=O)OC)cc2)cc1Cl. The molecule has 1 N–H and O–H groups in total. The maximum atomic E-state index is 13.2.